The maximum Gasteiger partial charge on any atom is 0.249 e. The average Bonchev–Trinajstić information content (AvgIpc) is 3.65. The van der Waals surface area contributed by atoms with E-state index in [0.717, 1.165) is 29.6 Å². The number of aldehydes is 1. The van der Waals surface area contributed by atoms with E-state index in [9.17, 15) is 24.0 Å². The molecule has 4 N–H and O–H groups in total. The van der Waals surface area contributed by atoms with Crippen LogP contribution < -0.4 is 26.0 Å². The van der Waals surface area contributed by atoms with E-state index in [-0.39, 0.29) is 56.0 Å². The van der Waals surface area contributed by atoms with Crippen LogP contribution in [0, 0.1) is 0 Å². The minimum absolute atomic E-state index is 0.0226. The minimum atomic E-state index is -0.591. The van der Waals surface area contributed by atoms with Gasteiger partial charge in [0.1, 0.15) is 47.0 Å². The molecule has 2 aromatic carbocycles. The number of nitrogens with zero attached hydrogens (tertiary/aromatic N) is 2. The Balaban J connectivity index is 0.000000241. The van der Waals surface area contributed by atoms with Crippen LogP contribution in [0.1, 0.15) is 113 Å². The fraction of sp³-hybridized carbons (Fsp3) is 0.511. The lowest BCUT2D eigenvalue weighted by molar-refractivity contribution is -0.150. The molecule has 0 saturated carbocycles. The Bertz CT molecular complexity index is 1920. The molecule has 4 amide bonds. The van der Waals surface area contributed by atoms with E-state index < -0.39 is 24.2 Å². The van der Waals surface area contributed by atoms with E-state index in [2.05, 4.69) is 75.1 Å². The van der Waals surface area contributed by atoms with Crippen LogP contribution in [0.4, 0.5) is 0 Å². The van der Waals surface area contributed by atoms with Gasteiger partial charge < -0.3 is 35.8 Å². The van der Waals surface area contributed by atoms with Crippen molar-refractivity contribution in [1.29, 1.82) is 0 Å². The second kappa shape index (κ2) is 21.1. The number of unbranched alkanes of at least 4 members (excludes halogenated alkanes) is 6. The summed E-state index contributed by atoms with van der Waals surface area (Å²) >= 11 is 3.40. The third kappa shape index (κ3) is 10.6. The largest absolute Gasteiger partial charge is 0.465 e. The Labute approximate surface area is 370 Å². The van der Waals surface area contributed by atoms with Crippen LogP contribution >= 0.6 is 23.5 Å². The van der Waals surface area contributed by atoms with E-state index in [4.69, 9.17) is 4.74 Å². The molecule has 4 saturated heterocycles. The molecule has 0 bridgehead atoms. The van der Waals surface area contributed by atoms with Crippen LogP contribution in [0.3, 0.4) is 0 Å². The van der Waals surface area contributed by atoms with Crippen molar-refractivity contribution in [2.75, 3.05) is 14.1 Å². The van der Waals surface area contributed by atoms with Crippen LogP contribution in [0.25, 0.3) is 0 Å². The maximum atomic E-state index is 13.0. The van der Waals surface area contributed by atoms with Crippen molar-refractivity contribution in [3.8, 4) is 5.75 Å². The van der Waals surface area contributed by atoms with Crippen LogP contribution in [-0.4, -0.2) is 98.2 Å². The summed E-state index contributed by atoms with van der Waals surface area (Å²) in [5.41, 5.74) is 2.11. The Hall–Kier alpha value is -4.37. The summed E-state index contributed by atoms with van der Waals surface area (Å²) in [6.45, 7) is 18.4. The van der Waals surface area contributed by atoms with Gasteiger partial charge in [-0.25, -0.2) is 0 Å². The number of hydrogen-bond acceptors (Lipinski definition) is 10. The molecule has 61 heavy (non-hydrogen) atoms. The molecule has 0 spiro atoms. The molecule has 0 radical (unpaired) electrons. The van der Waals surface area contributed by atoms with Gasteiger partial charge in [0.05, 0.1) is 18.3 Å². The quantitative estimate of drug-likeness (QED) is 0.0368. The number of carbonyl (C=O) groups excluding carboxylic acids is 5. The number of allylic oxidation sites excluding steroid dienone is 1. The van der Waals surface area contributed by atoms with E-state index in [1.807, 2.05) is 35.2 Å². The number of fused-ring (bicyclic) bond motifs is 2. The van der Waals surface area contributed by atoms with Crippen molar-refractivity contribution in [3.63, 3.8) is 0 Å². The Morgan fingerprint density at radius 1 is 0.738 bits per heavy atom. The van der Waals surface area contributed by atoms with Crippen LogP contribution in [-0.2, 0) is 19.2 Å². The summed E-state index contributed by atoms with van der Waals surface area (Å²) in [6.07, 6.45) is 16.9. The molecular formula is C47H64N6O6S2. The van der Waals surface area contributed by atoms with Crippen LogP contribution in [0.2, 0.25) is 0 Å². The van der Waals surface area contributed by atoms with Gasteiger partial charge in [0.15, 0.2) is 0 Å². The molecule has 4 heterocycles. The van der Waals surface area contributed by atoms with E-state index in [1.54, 1.807) is 79.1 Å². The molecule has 8 atom stereocenters. The molecule has 4 aliphatic rings. The highest BCUT2D eigenvalue weighted by Crippen LogP contribution is 2.52. The molecule has 14 heteroatoms. The predicted molar refractivity (Wildman–Crippen MR) is 246 cm³/mol. The molecule has 6 rings (SSSR count). The lowest BCUT2D eigenvalue weighted by Crippen LogP contribution is -2.69. The number of β-lactam (4-membered cyclic amide) rings is 2. The van der Waals surface area contributed by atoms with Gasteiger partial charge in [-0.3, -0.25) is 24.0 Å². The highest BCUT2D eigenvalue weighted by atomic mass is 32.2. The molecule has 2 aromatic rings. The smallest absolute Gasteiger partial charge is 0.249 e. The molecule has 0 aromatic heterocycles. The summed E-state index contributed by atoms with van der Waals surface area (Å²) < 4.78 is 5.46. The van der Waals surface area contributed by atoms with Gasteiger partial charge in [-0.1, -0.05) is 87.6 Å². The fourth-order valence-corrected chi connectivity index (χ4v) is 11.7. The molecule has 4 aliphatic heterocycles. The van der Waals surface area contributed by atoms with Gasteiger partial charge in [0, 0.05) is 15.1 Å². The number of carbonyl (C=O) groups is 5. The standard InChI is InChI=1S/C28H41N3O3S.C19H23N3O3S/c1-6-8-9-10-11-12-13-14-19-34-21-17-15-20(16-18-21)23(29-5)25(32)30-24-26(33)31-22(7-2)28(3,4)35-27(24)31;1-5-13-19(2,3)26-18-15(17(25)22(13)18)21-16(24)14(20-4)12-8-6-11(10-23)7-9-12/h7,14-19,22-24,27,29H,2,6,8-13H2,1,3-5H3,(H,30,32);5-10,13-15,18,20H,1H2,2-4H3,(H,21,24)/b19-14+;. The van der Waals surface area contributed by atoms with Gasteiger partial charge in [0.2, 0.25) is 23.6 Å². The number of amides is 4. The van der Waals surface area contributed by atoms with Crippen molar-refractivity contribution in [2.45, 2.75) is 136 Å². The van der Waals surface area contributed by atoms with Crippen LogP contribution in [0.15, 0.2) is 86.2 Å². The summed E-state index contributed by atoms with van der Waals surface area (Å²) in [7, 11) is 3.43. The van der Waals surface area contributed by atoms with Gasteiger partial charge in [0.25, 0.3) is 0 Å². The van der Waals surface area contributed by atoms with Crippen molar-refractivity contribution in [1.82, 2.24) is 31.1 Å². The molecular weight excluding hydrogens is 809 g/mol. The fourth-order valence-electron chi connectivity index (χ4n) is 8.42. The number of ether oxygens (including phenoxy) is 1. The normalized spacial score (nSPS) is 25.2. The van der Waals surface area contributed by atoms with Crippen molar-refractivity contribution in [2.24, 2.45) is 0 Å². The predicted octanol–water partition coefficient (Wildman–Crippen LogP) is 6.82. The number of benzene rings is 2. The second-order valence-corrected chi connectivity index (χ2v) is 20.4. The number of likely N-dealkylation sites (N-methyl/N-ethyl adjacent to an activating group) is 2. The third-order valence-corrected chi connectivity index (χ3v) is 15.0. The number of thioether (sulfide) groups is 2. The molecule has 4 fully saturated rings. The summed E-state index contributed by atoms with van der Waals surface area (Å²) in [5.74, 6) is 0.145. The lowest BCUT2D eigenvalue weighted by atomic mass is 9.95. The van der Waals surface area contributed by atoms with Gasteiger partial charge >= 0.3 is 0 Å². The summed E-state index contributed by atoms with van der Waals surface area (Å²) in [5, 5.41) is 11.8. The Kier molecular flexibility index (Phi) is 16.5. The van der Waals surface area contributed by atoms with Gasteiger partial charge in [-0.2, -0.15) is 0 Å². The first-order chi connectivity index (χ1) is 29.2. The van der Waals surface area contributed by atoms with Gasteiger partial charge in [-0.05, 0) is 84.0 Å². The van der Waals surface area contributed by atoms with E-state index in [0.29, 0.717) is 5.56 Å². The zero-order valence-electron chi connectivity index (χ0n) is 36.6. The van der Waals surface area contributed by atoms with E-state index >= 15 is 0 Å². The summed E-state index contributed by atoms with van der Waals surface area (Å²) in [6, 6.07) is 12.1. The van der Waals surface area contributed by atoms with Crippen molar-refractivity contribution < 1.29 is 28.7 Å². The van der Waals surface area contributed by atoms with Crippen molar-refractivity contribution in [3.05, 3.63) is 103 Å². The zero-order valence-corrected chi connectivity index (χ0v) is 38.3. The highest BCUT2D eigenvalue weighted by Gasteiger charge is 2.62. The topological polar surface area (TPSA) is 149 Å². The second-order valence-electron chi connectivity index (χ2n) is 16.9. The molecule has 12 nitrogen and oxygen atoms in total. The molecule has 0 aliphatic carbocycles. The van der Waals surface area contributed by atoms with Crippen molar-refractivity contribution >= 4 is 53.4 Å². The Morgan fingerprint density at radius 3 is 1.61 bits per heavy atom. The number of nitrogens with one attached hydrogen (secondary N) is 4. The highest BCUT2D eigenvalue weighted by molar-refractivity contribution is 8.02. The van der Waals surface area contributed by atoms with Gasteiger partial charge in [-0.15, -0.1) is 36.7 Å². The minimum Gasteiger partial charge on any atom is -0.465 e. The average molecular weight is 873 g/mol. The monoisotopic (exact) mass is 872 g/mol. The molecule has 330 valence electrons. The zero-order chi connectivity index (χ0) is 44.5. The molecule has 8 unspecified atom stereocenters. The summed E-state index contributed by atoms with van der Waals surface area (Å²) in [4.78, 5) is 65.5. The van der Waals surface area contributed by atoms with Crippen LogP contribution in [0.5, 0.6) is 5.75 Å². The first-order valence-electron chi connectivity index (χ1n) is 21.3. The first-order valence-corrected chi connectivity index (χ1v) is 23.1. The SMILES string of the molecule is C=CC1N2C(=O)C(NC(=O)C(NC)c3ccc(C=O)cc3)C2SC1(C)C.C=CC1N2C(=O)C(NC(=O)C(NC)c3ccc(O/C=C/CCCCCCCC)cc3)C2SC1(C)C. The number of hydrogen-bond donors (Lipinski definition) is 4. The Morgan fingerprint density at radius 2 is 1.18 bits per heavy atom. The lowest BCUT2D eigenvalue weighted by Gasteiger charge is -2.44. The number of rotatable bonds is 20. The first kappa shape index (κ1) is 47.7. The third-order valence-electron chi connectivity index (χ3n) is 11.8. The maximum absolute atomic E-state index is 13.0. The van der Waals surface area contributed by atoms with E-state index in [1.165, 1.54) is 38.5 Å².